The number of nitrogens with zero attached hydrogens (tertiary/aromatic N) is 1. The van der Waals surface area contributed by atoms with E-state index in [9.17, 15) is 8.42 Å². The quantitative estimate of drug-likeness (QED) is 0.532. The van der Waals surface area contributed by atoms with Crippen LogP contribution in [-0.2, 0) is 10.0 Å². The predicted molar refractivity (Wildman–Crippen MR) is 42.9 cm³/mol. The van der Waals surface area contributed by atoms with Crippen molar-refractivity contribution in [2.45, 2.75) is 6.42 Å². The van der Waals surface area contributed by atoms with E-state index < -0.39 is 10.0 Å². The number of hydrogen-bond donors (Lipinski definition) is 2. The van der Waals surface area contributed by atoms with Gasteiger partial charge in [0.15, 0.2) is 0 Å². The highest BCUT2D eigenvalue weighted by Gasteiger charge is 2.06. The van der Waals surface area contributed by atoms with Crippen molar-refractivity contribution in [3.8, 4) is 0 Å². The fraction of sp³-hybridized carbons (Fsp3) is 0.800. The molecule has 0 radical (unpaired) electrons. The van der Waals surface area contributed by atoms with Crippen LogP contribution in [0.4, 0.5) is 0 Å². The summed E-state index contributed by atoms with van der Waals surface area (Å²) in [4.78, 5) is 0. The van der Waals surface area contributed by atoms with Gasteiger partial charge in [0.25, 0.3) is 10.0 Å². The monoisotopic (exact) mass is 177 g/mol. The van der Waals surface area contributed by atoms with E-state index in [1.54, 1.807) is 0 Å². The smallest absolute Gasteiger partial charge is 0.253 e. The van der Waals surface area contributed by atoms with Crippen molar-refractivity contribution in [1.82, 2.24) is 10.6 Å². The Balaban J connectivity index is 2.65. The van der Waals surface area contributed by atoms with Crippen molar-refractivity contribution in [3.63, 3.8) is 0 Å². The van der Waals surface area contributed by atoms with Crippen LogP contribution in [0.2, 0.25) is 0 Å². The highest BCUT2D eigenvalue weighted by Crippen LogP contribution is 1.88. The zero-order valence-electron chi connectivity index (χ0n) is 6.29. The van der Waals surface area contributed by atoms with Gasteiger partial charge in [0.1, 0.15) is 0 Å². The highest BCUT2D eigenvalue weighted by atomic mass is 32.2. The molecule has 1 saturated heterocycles. The first-order valence-corrected chi connectivity index (χ1v) is 5.20. The summed E-state index contributed by atoms with van der Waals surface area (Å²) in [5.74, 6) is 0.360. The van der Waals surface area contributed by atoms with Gasteiger partial charge >= 0.3 is 0 Å². The summed E-state index contributed by atoms with van der Waals surface area (Å²) in [5, 5.41) is 5.67. The topological polar surface area (TPSA) is 70.6 Å². The molecule has 6 heteroatoms. The van der Waals surface area contributed by atoms with Crippen LogP contribution in [0.5, 0.6) is 0 Å². The third-order valence-corrected chi connectivity index (χ3v) is 1.71. The van der Waals surface area contributed by atoms with Crippen LogP contribution in [0.25, 0.3) is 0 Å². The van der Waals surface area contributed by atoms with Crippen LogP contribution in [0.3, 0.4) is 0 Å². The third-order valence-electron chi connectivity index (χ3n) is 1.20. The van der Waals surface area contributed by atoms with Gasteiger partial charge in [-0.25, -0.2) is 8.42 Å². The van der Waals surface area contributed by atoms with Gasteiger partial charge in [0, 0.05) is 13.1 Å². The minimum Gasteiger partial charge on any atom is -0.355 e. The van der Waals surface area contributed by atoms with Crippen molar-refractivity contribution in [2.24, 2.45) is 4.40 Å². The van der Waals surface area contributed by atoms with E-state index in [0.29, 0.717) is 5.96 Å². The van der Waals surface area contributed by atoms with Crippen LogP contribution in [0.15, 0.2) is 4.40 Å². The van der Waals surface area contributed by atoms with Crippen LogP contribution in [-0.4, -0.2) is 33.7 Å². The number of guanidine groups is 1. The van der Waals surface area contributed by atoms with Gasteiger partial charge < -0.3 is 10.6 Å². The van der Waals surface area contributed by atoms with Gasteiger partial charge in [0.2, 0.25) is 5.96 Å². The first-order valence-electron chi connectivity index (χ1n) is 3.35. The highest BCUT2D eigenvalue weighted by molar-refractivity contribution is 7.89. The molecule has 1 aliphatic rings. The maximum atomic E-state index is 10.6. The van der Waals surface area contributed by atoms with Crippen molar-refractivity contribution in [2.75, 3.05) is 19.3 Å². The Morgan fingerprint density at radius 2 is 1.91 bits per heavy atom. The molecule has 64 valence electrons. The molecule has 0 bridgehead atoms. The van der Waals surface area contributed by atoms with Crippen molar-refractivity contribution >= 4 is 16.0 Å². The lowest BCUT2D eigenvalue weighted by Gasteiger charge is -2.16. The van der Waals surface area contributed by atoms with Gasteiger partial charge in [-0.2, -0.15) is 0 Å². The molecule has 0 amide bonds. The number of rotatable bonds is 1. The average molecular weight is 177 g/mol. The first kappa shape index (κ1) is 8.32. The summed E-state index contributed by atoms with van der Waals surface area (Å²) < 4.78 is 24.7. The summed E-state index contributed by atoms with van der Waals surface area (Å²) in [7, 11) is -3.26. The fourth-order valence-corrected chi connectivity index (χ4v) is 1.26. The third kappa shape index (κ3) is 3.22. The second-order valence-electron chi connectivity index (χ2n) is 2.38. The SMILES string of the molecule is CS(=O)(=O)N=C1NCCCN1. The van der Waals surface area contributed by atoms with Gasteiger partial charge in [-0.3, -0.25) is 0 Å². The molecule has 0 aromatic carbocycles. The Labute approximate surface area is 65.9 Å². The second-order valence-corrected chi connectivity index (χ2v) is 4.03. The van der Waals surface area contributed by atoms with Crippen molar-refractivity contribution in [1.29, 1.82) is 0 Å². The molecule has 11 heavy (non-hydrogen) atoms. The molecule has 0 spiro atoms. The summed E-state index contributed by atoms with van der Waals surface area (Å²) in [6, 6.07) is 0. The van der Waals surface area contributed by atoms with E-state index in [2.05, 4.69) is 15.0 Å². The molecule has 0 atom stereocenters. The molecule has 5 nitrogen and oxygen atoms in total. The lowest BCUT2D eigenvalue weighted by atomic mass is 10.4. The maximum absolute atomic E-state index is 10.6. The molecule has 1 aliphatic heterocycles. The van der Waals surface area contributed by atoms with E-state index in [1.807, 2.05) is 0 Å². The molecule has 1 fully saturated rings. The lowest BCUT2D eigenvalue weighted by molar-refractivity contribution is 0.601. The molecule has 2 N–H and O–H groups in total. The van der Waals surface area contributed by atoms with E-state index >= 15 is 0 Å². The zero-order valence-corrected chi connectivity index (χ0v) is 7.11. The summed E-state index contributed by atoms with van der Waals surface area (Å²) in [6.45, 7) is 1.56. The van der Waals surface area contributed by atoms with E-state index in [1.165, 1.54) is 0 Å². The molecule has 0 aliphatic carbocycles. The molecular weight excluding hydrogens is 166 g/mol. The Morgan fingerprint density at radius 1 is 1.36 bits per heavy atom. The molecule has 0 aromatic rings. The van der Waals surface area contributed by atoms with Crippen LogP contribution < -0.4 is 10.6 Å². The van der Waals surface area contributed by atoms with Gasteiger partial charge in [-0.05, 0) is 6.42 Å². The second kappa shape index (κ2) is 3.08. The molecule has 0 unspecified atom stereocenters. The minimum atomic E-state index is -3.26. The summed E-state index contributed by atoms with van der Waals surface area (Å²) >= 11 is 0. The molecular formula is C5H11N3O2S. The van der Waals surface area contributed by atoms with Crippen LogP contribution in [0, 0.1) is 0 Å². The van der Waals surface area contributed by atoms with E-state index in [-0.39, 0.29) is 0 Å². The zero-order chi connectivity index (χ0) is 8.32. The Morgan fingerprint density at radius 3 is 2.36 bits per heavy atom. The summed E-state index contributed by atoms with van der Waals surface area (Å²) in [6.07, 6.45) is 2.06. The molecule has 0 saturated carbocycles. The minimum absolute atomic E-state index is 0.360. The molecule has 1 rings (SSSR count). The Kier molecular flexibility index (Phi) is 2.33. The van der Waals surface area contributed by atoms with Crippen LogP contribution in [0.1, 0.15) is 6.42 Å². The van der Waals surface area contributed by atoms with Gasteiger partial charge in [-0.15, -0.1) is 4.40 Å². The number of hydrogen-bond acceptors (Lipinski definition) is 2. The van der Waals surface area contributed by atoms with Gasteiger partial charge in [0.05, 0.1) is 6.26 Å². The largest absolute Gasteiger partial charge is 0.355 e. The van der Waals surface area contributed by atoms with Gasteiger partial charge in [-0.1, -0.05) is 0 Å². The first-order chi connectivity index (χ1) is 5.08. The van der Waals surface area contributed by atoms with Crippen LogP contribution >= 0.6 is 0 Å². The van der Waals surface area contributed by atoms with E-state index in [4.69, 9.17) is 0 Å². The lowest BCUT2D eigenvalue weighted by Crippen LogP contribution is -2.44. The number of nitrogens with one attached hydrogen (secondary N) is 2. The fourth-order valence-electron chi connectivity index (χ4n) is 0.795. The standard InChI is InChI=1S/C5H11N3O2S/c1-11(9,10)8-5-6-3-2-4-7-5/h2-4H2,1H3,(H2,6,7,8). The Hall–Kier alpha value is -0.780. The normalized spacial score (nSPS) is 18.5. The number of sulfonamides is 1. The molecule has 1 heterocycles. The Bertz CT molecular complexity index is 249. The predicted octanol–water partition coefficient (Wildman–Crippen LogP) is -1.12. The average Bonchev–Trinajstić information content (AvgIpc) is 1.85. The maximum Gasteiger partial charge on any atom is 0.253 e. The van der Waals surface area contributed by atoms with E-state index in [0.717, 1.165) is 25.8 Å². The van der Waals surface area contributed by atoms with Crippen molar-refractivity contribution in [3.05, 3.63) is 0 Å². The molecule has 0 aromatic heterocycles. The summed E-state index contributed by atoms with van der Waals surface area (Å²) in [5.41, 5.74) is 0. The van der Waals surface area contributed by atoms with Crippen molar-refractivity contribution < 1.29 is 8.42 Å².